The van der Waals surface area contributed by atoms with E-state index >= 15 is 0 Å². The van der Waals surface area contributed by atoms with Crippen molar-refractivity contribution in [3.63, 3.8) is 0 Å². The van der Waals surface area contributed by atoms with Gasteiger partial charge < -0.3 is 14.6 Å². The lowest BCUT2D eigenvalue weighted by molar-refractivity contribution is -0.184. The minimum atomic E-state index is -0.666. The van der Waals surface area contributed by atoms with Crippen molar-refractivity contribution in [1.82, 2.24) is 4.90 Å². The second kappa shape index (κ2) is 4.79. The summed E-state index contributed by atoms with van der Waals surface area (Å²) < 4.78 is 11.4. The highest BCUT2D eigenvalue weighted by Crippen LogP contribution is 2.39. The fraction of sp³-hybridized carbons (Fsp3) is 0.923. The molecule has 0 aromatic heterocycles. The molecule has 3 rings (SSSR count). The van der Waals surface area contributed by atoms with Crippen LogP contribution in [0.1, 0.15) is 38.5 Å². The molecule has 2 saturated heterocycles. The molecule has 102 valence electrons. The van der Waals surface area contributed by atoms with Gasteiger partial charge in [-0.2, -0.15) is 0 Å². The largest absolute Gasteiger partial charge is 0.480 e. The van der Waals surface area contributed by atoms with E-state index in [1.807, 2.05) is 0 Å². The van der Waals surface area contributed by atoms with E-state index in [-0.39, 0.29) is 11.8 Å². The summed E-state index contributed by atoms with van der Waals surface area (Å²) in [5.41, 5.74) is 0. The molecular formula is C13H21NO4. The minimum absolute atomic E-state index is 0.269. The van der Waals surface area contributed by atoms with Gasteiger partial charge in [0.2, 0.25) is 0 Å². The fourth-order valence-electron chi connectivity index (χ4n) is 3.65. The van der Waals surface area contributed by atoms with E-state index in [4.69, 9.17) is 9.47 Å². The van der Waals surface area contributed by atoms with Crippen LogP contribution in [0.5, 0.6) is 0 Å². The standard InChI is InChI=1S/C13H21NO4/c15-12(16)11-2-1-7-14(11)10-3-5-13(6-4-10)17-8-9-18-13/h10-11H,1-9H2,(H,15,16)/t11-/m0/s1. The van der Waals surface area contributed by atoms with Crippen molar-refractivity contribution in [2.75, 3.05) is 19.8 Å². The van der Waals surface area contributed by atoms with E-state index in [0.717, 1.165) is 45.1 Å². The number of hydrogen-bond acceptors (Lipinski definition) is 4. The van der Waals surface area contributed by atoms with Crippen LogP contribution in [0.3, 0.4) is 0 Å². The fourth-order valence-corrected chi connectivity index (χ4v) is 3.65. The third-order valence-corrected chi connectivity index (χ3v) is 4.58. The molecule has 1 N–H and O–H groups in total. The van der Waals surface area contributed by atoms with Gasteiger partial charge in [-0.25, -0.2) is 0 Å². The van der Waals surface area contributed by atoms with Gasteiger partial charge >= 0.3 is 5.97 Å². The van der Waals surface area contributed by atoms with Crippen molar-refractivity contribution in [1.29, 1.82) is 0 Å². The SMILES string of the molecule is O=C(O)[C@@H]1CCCN1C1CCC2(CC1)OCCO2. The number of carbonyl (C=O) groups is 1. The van der Waals surface area contributed by atoms with Crippen LogP contribution in [0.25, 0.3) is 0 Å². The molecule has 1 saturated carbocycles. The maximum Gasteiger partial charge on any atom is 0.320 e. The molecule has 0 unspecified atom stereocenters. The smallest absolute Gasteiger partial charge is 0.320 e. The average Bonchev–Trinajstić information content (AvgIpc) is 3.00. The molecule has 0 bridgehead atoms. The molecule has 1 spiro atoms. The van der Waals surface area contributed by atoms with Gasteiger partial charge in [0, 0.05) is 18.9 Å². The zero-order chi connectivity index (χ0) is 12.6. The molecule has 18 heavy (non-hydrogen) atoms. The van der Waals surface area contributed by atoms with Gasteiger partial charge in [-0.1, -0.05) is 0 Å². The predicted octanol–water partition coefficient (Wildman–Crippen LogP) is 1.22. The Morgan fingerprint density at radius 3 is 2.44 bits per heavy atom. The molecule has 1 aliphatic carbocycles. The summed E-state index contributed by atoms with van der Waals surface area (Å²) in [5, 5.41) is 9.23. The highest BCUT2D eigenvalue weighted by Gasteiger charge is 2.44. The monoisotopic (exact) mass is 255 g/mol. The van der Waals surface area contributed by atoms with Crippen LogP contribution >= 0.6 is 0 Å². The molecule has 1 atom stereocenters. The van der Waals surface area contributed by atoms with Gasteiger partial charge in [-0.15, -0.1) is 0 Å². The third kappa shape index (κ3) is 2.15. The summed E-state index contributed by atoms with van der Waals surface area (Å²) in [5.74, 6) is -1.00. The van der Waals surface area contributed by atoms with E-state index in [0.29, 0.717) is 19.3 Å². The molecule has 3 fully saturated rings. The van der Waals surface area contributed by atoms with Gasteiger partial charge in [-0.05, 0) is 32.2 Å². The van der Waals surface area contributed by atoms with Crippen molar-refractivity contribution in [3.05, 3.63) is 0 Å². The van der Waals surface area contributed by atoms with Gasteiger partial charge in [0.25, 0.3) is 0 Å². The van der Waals surface area contributed by atoms with E-state index in [9.17, 15) is 9.90 Å². The first kappa shape index (κ1) is 12.4. The number of ether oxygens (including phenoxy) is 2. The molecule has 5 heteroatoms. The summed E-state index contributed by atoms with van der Waals surface area (Å²) >= 11 is 0. The number of likely N-dealkylation sites (tertiary alicyclic amines) is 1. The first-order chi connectivity index (χ1) is 8.70. The molecule has 2 heterocycles. The zero-order valence-electron chi connectivity index (χ0n) is 10.6. The molecular weight excluding hydrogens is 234 g/mol. The highest BCUT2D eigenvalue weighted by molar-refractivity contribution is 5.73. The van der Waals surface area contributed by atoms with E-state index in [1.54, 1.807) is 0 Å². The Hall–Kier alpha value is -0.650. The van der Waals surface area contributed by atoms with Crippen molar-refractivity contribution in [3.8, 4) is 0 Å². The number of carboxylic acid groups (broad SMARTS) is 1. The molecule has 0 aromatic carbocycles. The number of hydrogen-bond donors (Lipinski definition) is 1. The predicted molar refractivity (Wildman–Crippen MR) is 64.3 cm³/mol. The van der Waals surface area contributed by atoms with Crippen LogP contribution in [0.4, 0.5) is 0 Å². The Morgan fingerprint density at radius 2 is 1.83 bits per heavy atom. The molecule has 0 aromatic rings. The number of carboxylic acids is 1. The van der Waals surface area contributed by atoms with Gasteiger partial charge in [0.05, 0.1) is 13.2 Å². The Balaban J connectivity index is 1.60. The quantitative estimate of drug-likeness (QED) is 0.804. The van der Waals surface area contributed by atoms with E-state index < -0.39 is 5.97 Å². The van der Waals surface area contributed by atoms with Crippen molar-refractivity contribution < 1.29 is 19.4 Å². The third-order valence-electron chi connectivity index (χ3n) is 4.58. The first-order valence-electron chi connectivity index (χ1n) is 6.97. The summed E-state index contributed by atoms with van der Waals surface area (Å²) in [7, 11) is 0. The molecule has 2 aliphatic heterocycles. The average molecular weight is 255 g/mol. The molecule has 0 radical (unpaired) electrons. The topological polar surface area (TPSA) is 59.0 Å². The van der Waals surface area contributed by atoms with Crippen LogP contribution in [0, 0.1) is 0 Å². The molecule has 0 amide bonds. The van der Waals surface area contributed by atoms with Crippen molar-refractivity contribution in [2.24, 2.45) is 0 Å². The van der Waals surface area contributed by atoms with Crippen molar-refractivity contribution >= 4 is 5.97 Å². The van der Waals surface area contributed by atoms with Crippen LogP contribution in [0.2, 0.25) is 0 Å². The lowest BCUT2D eigenvalue weighted by Gasteiger charge is -2.40. The first-order valence-corrected chi connectivity index (χ1v) is 6.97. The number of aliphatic carboxylic acids is 1. The Morgan fingerprint density at radius 1 is 1.17 bits per heavy atom. The second-order valence-corrected chi connectivity index (χ2v) is 5.57. The summed E-state index contributed by atoms with van der Waals surface area (Å²) in [6.07, 6.45) is 5.59. The Labute approximate surface area is 107 Å². The van der Waals surface area contributed by atoms with Crippen molar-refractivity contribution in [2.45, 2.75) is 56.4 Å². The van der Waals surface area contributed by atoms with Gasteiger partial charge in [-0.3, -0.25) is 9.69 Å². The van der Waals surface area contributed by atoms with Crippen LogP contribution in [-0.2, 0) is 14.3 Å². The van der Waals surface area contributed by atoms with Crippen LogP contribution in [0.15, 0.2) is 0 Å². The molecule has 5 nitrogen and oxygen atoms in total. The number of rotatable bonds is 2. The zero-order valence-corrected chi connectivity index (χ0v) is 10.6. The molecule has 3 aliphatic rings. The number of nitrogens with zero attached hydrogens (tertiary/aromatic N) is 1. The van der Waals surface area contributed by atoms with Gasteiger partial charge in [0.15, 0.2) is 5.79 Å². The minimum Gasteiger partial charge on any atom is -0.480 e. The van der Waals surface area contributed by atoms with Gasteiger partial charge in [0.1, 0.15) is 6.04 Å². The Kier molecular flexibility index (Phi) is 3.30. The maximum atomic E-state index is 11.2. The highest BCUT2D eigenvalue weighted by atomic mass is 16.7. The maximum absolute atomic E-state index is 11.2. The summed E-state index contributed by atoms with van der Waals surface area (Å²) in [4.78, 5) is 13.4. The van der Waals surface area contributed by atoms with E-state index in [1.165, 1.54) is 0 Å². The summed E-state index contributed by atoms with van der Waals surface area (Å²) in [6, 6.07) is 0.126. The second-order valence-electron chi connectivity index (χ2n) is 5.57. The Bertz CT molecular complexity index is 317. The van der Waals surface area contributed by atoms with Crippen LogP contribution < -0.4 is 0 Å². The lowest BCUT2D eigenvalue weighted by atomic mass is 9.88. The normalized spacial score (nSPS) is 33.2. The van der Waals surface area contributed by atoms with E-state index in [2.05, 4.69) is 4.90 Å². The summed E-state index contributed by atoms with van der Waals surface area (Å²) in [6.45, 7) is 2.33. The lowest BCUT2D eigenvalue weighted by Crippen LogP contribution is -2.48. The van der Waals surface area contributed by atoms with Crippen LogP contribution in [-0.4, -0.2) is 53.6 Å².